The first kappa shape index (κ1) is 19.4. The number of oxazole rings is 1. The van der Waals surface area contributed by atoms with Crippen LogP contribution in [-0.2, 0) is 0 Å². The molecule has 2 aliphatic rings. The molecule has 0 saturated heterocycles. The number of halogens is 1. The van der Waals surface area contributed by atoms with Crippen LogP contribution in [0.15, 0.2) is 47.2 Å². The Morgan fingerprint density at radius 3 is 2.74 bits per heavy atom. The highest BCUT2D eigenvalue weighted by Crippen LogP contribution is 2.40. The summed E-state index contributed by atoms with van der Waals surface area (Å²) in [4.78, 5) is 17.3. The quantitative estimate of drug-likeness (QED) is 0.676. The van der Waals surface area contributed by atoms with Crippen molar-refractivity contribution < 1.29 is 27.8 Å². The van der Waals surface area contributed by atoms with E-state index < -0.39 is 11.5 Å². The van der Waals surface area contributed by atoms with Crippen molar-refractivity contribution in [3.63, 3.8) is 0 Å². The van der Waals surface area contributed by atoms with Crippen LogP contribution in [0.25, 0.3) is 11.3 Å². The summed E-state index contributed by atoms with van der Waals surface area (Å²) in [5.74, 6) is 1.21. The summed E-state index contributed by atoms with van der Waals surface area (Å²) in [5.41, 5.74) is 0.964. The Hall–Kier alpha value is -3.55. The highest BCUT2D eigenvalue weighted by molar-refractivity contribution is 5.98. The van der Waals surface area contributed by atoms with Crippen molar-refractivity contribution in [3.05, 3.63) is 59.9 Å². The van der Waals surface area contributed by atoms with E-state index in [1.807, 2.05) is 13.8 Å². The largest absolute Gasteiger partial charge is 0.487 e. The lowest BCUT2D eigenvalue weighted by atomic mass is 9.89. The van der Waals surface area contributed by atoms with Crippen LogP contribution in [0, 0.1) is 5.82 Å². The van der Waals surface area contributed by atoms with Crippen molar-refractivity contribution >= 4 is 5.91 Å². The van der Waals surface area contributed by atoms with E-state index in [0.29, 0.717) is 48.2 Å². The van der Waals surface area contributed by atoms with Crippen LogP contribution in [0.3, 0.4) is 0 Å². The molecule has 0 fully saturated rings. The lowest BCUT2D eigenvalue weighted by molar-refractivity contribution is 0.0615. The summed E-state index contributed by atoms with van der Waals surface area (Å²) in [5, 5.41) is 3.01. The highest BCUT2D eigenvalue weighted by Gasteiger charge is 2.35. The van der Waals surface area contributed by atoms with Crippen molar-refractivity contribution in [1.82, 2.24) is 10.3 Å². The van der Waals surface area contributed by atoms with Gasteiger partial charge in [-0.3, -0.25) is 4.79 Å². The number of ether oxygens (including phenoxy) is 3. The predicted molar refractivity (Wildman–Crippen MR) is 109 cm³/mol. The molecular formula is C23H21FN2O5. The minimum absolute atomic E-state index is 0.157. The van der Waals surface area contributed by atoms with E-state index >= 15 is 0 Å². The van der Waals surface area contributed by atoms with Gasteiger partial charge in [-0.05, 0) is 38.1 Å². The second kappa shape index (κ2) is 7.30. The molecule has 160 valence electrons. The van der Waals surface area contributed by atoms with Crippen LogP contribution in [0.5, 0.6) is 17.2 Å². The summed E-state index contributed by atoms with van der Waals surface area (Å²) in [7, 11) is 0. The molecule has 1 aromatic heterocycles. The second-order valence-corrected chi connectivity index (χ2v) is 8.16. The van der Waals surface area contributed by atoms with Gasteiger partial charge < -0.3 is 23.9 Å². The van der Waals surface area contributed by atoms with E-state index in [4.69, 9.17) is 18.6 Å². The summed E-state index contributed by atoms with van der Waals surface area (Å²) < 4.78 is 36.3. The third kappa shape index (κ3) is 3.69. The van der Waals surface area contributed by atoms with Crippen LogP contribution in [0.1, 0.15) is 42.4 Å². The van der Waals surface area contributed by atoms with Gasteiger partial charge in [0.1, 0.15) is 30.4 Å². The van der Waals surface area contributed by atoms with E-state index in [0.717, 1.165) is 5.56 Å². The van der Waals surface area contributed by atoms with Gasteiger partial charge in [-0.2, -0.15) is 0 Å². The molecule has 2 aliphatic heterocycles. The second-order valence-electron chi connectivity index (χ2n) is 8.16. The Balaban J connectivity index is 1.43. The van der Waals surface area contributed by atoms with Crippen LogP contribution < -0.4 is 19.5 Å². The number of hydrogen-bond acceptors (Lipinski definition) is 6. The van der Waals surface area contributed by atoms with E-state index in [9.17, 15) is 9.18 Å². The van der Waals surface area contributed by atoms with Gasteiger partial charge in [0.25, 0.3) is 5.91 Å². The lowest BCUT2D eigenvalue weighted by Gasteiger charge is -2.37. The maximum Gasteiger partial charge on any atom is 0.274 e. The average molecular weight is 424 g/mol. The lowest BCUT2D eigenvalue weighted by Crippen LogP contribution is -2.41. The third-order valence-corrected chi connectivity index (χ3v) is 5.33. The zero-order chi connectivity index (χ0) is 21.6. The standard InChI is InChI=1S/C23H21FN2O5/c1-23(2)11-16(15-5-4-14(24)10-18(15)31-23)26-22(27)20-21(30-12-25-20)13-3-6-17-19(9-13)29-8-7-28-17/h3-6,9-10,12,16H,7-8,11H2,1-2H3,(H,26,27). The zero-order valence-electron chi connectivity index (χ0n) is 17.1. The first-order valence-corrected chi connectivity index (χ1v) is 10.0. The molecule has 1 unspecified atom stereocenters. The van der Waals surface area contributed by atoms with Crippen LogP contribution in [0.2, 0.25) is 0 Å². The molecule has 3 heterocycles. The fraction of sp³-hybridized carbons (Fsp3) is 0.304. The Morgan fingerprint density at radius 1 is 1.10 bits per heavy atom. The number of nitrogens with one attached hydrogen (secondary N) is 1. The van der Waals surface area contributed by atoms with Crippen LogP contribution in [-0.4, -0.2) is 29.7 Å². The first-order valence-electron chi connectivity index (χ1n) is 10.0. The number of hydrogen-bond donors (Lipinski definition) is 1. The number of nitrogens with zero attached hydrogens (tertiary/aromatic N) is 1. The topological polar surface area (TPSA) is 82.8 Å². The summed E-state index contributed by atoms with van der Waals surface area (Å²) in [6.45, 7) is 4.75. The number of fused-ring (bicyclic) bond motifs is 2. The monoisotopic (exact) mass is 424 g/mol. The molecule has 1 N–H and O–H groups in total. The van der Waals surface area contributed by atoms with Crippen LogP contribution in [0.4, 0.5) is 4.39 Å². The third-order valence-electron chi connectivity index (χ3n) is 5.33. The SMILES string of the molecule is CC1(C)CC(NC(=O)c2ncoc2-c2ccc3c(c2)OCCO3)c2ccc(F)cc2O1. The minimum atomic E-state index is -0.568. The number of amides is 1. The molecule has 7 nitrogen and oxygen atoms in total. The maximum atomic E-state index is 13.7. The molecule has 2 aromatic carbocycles. The maximum absolute atomic E-state index is 13.7. The number of benzene rings is 2. The van der Waals surface area contributed by atoms with Crippen molar-refractivity contribution in [2.24, 2.45) is 0 Å². The molecule has 1 atom stereocenters. The van der Waals surface area contributed by atoms with Crippen molar-refractivity contribution in [1.29, 1.82) is 0 Å². The first-order chi connectivity index (χ1) is 14.9. The van der Waals surface area contributed by atoms with Gasteiger partial charge in [0.2, 0.25) is 0 Å². The molecule has 0 saturated carbocycles. The number of carbonyl (C=O) groups excluding carboxylic acids is 1. The van der Waals surface area contributed by atoms with E-state index in [1.54, 1.807) is 24.3 Å². The smallest absolute Gasteiger partial charge is 0.274 e. The fourth-order valence-electron chi connectivity index (χ4n) is 3.98. The molecule has 0 bridgehead atoms. The van der Waals surface area contributed by atoms with E-state index in [1.165, 1.54) is 18.5 Å². The summed E-state index contributed by atoms with van der Waals surface area (Å²) in [6.07, 6.45) is 1.76. The fourth-order valence-corrected chi connectivity index (χ4v) is 3.98. The molecule has 31 heavy (non-hydrogen) atoms. The summed E-state index contributed by atoms with van der Waals surface area (Å²) in [6, 6.07) is 9.30. The number of rotatable bonds is 3. The highest BCUT2D eigenvalue weighted by atomic mass is 19.1. The average Bonchev–Trinajstić information content (AvgIpc) is 3.22. The predicted octanol–water partition coefficient (Wildman–Crippen LogP) is 4.28. The van der Waals surface area contributed by atoms with Crippen molar-refractivity contribution in [3.8, 4) is 28.6 Å². The molecule has 8 heteroatoms. The normalized spacial score (nSPS) is 18.6. The van der Waals surface area contributed by atoms with E-state index in [2.05, 4.69) is 10.3 Å². The van der Waals surface area contributed by atoms with Crippen LogP contribution >= 0.6 is 0 Å². The van der Waals surface area contributed by atoms with Gasteiger partial charge in [0.15, 0.2) is 29.3 Å². The number of carbonyl (C=O) groups is 1. The Labute approximate surface area is 178 Å². The van der Waals surface area contributed by atoms with Gasteiger partial charge >= 0.3 is 0 Å². The van der Waals surface area contributed by atoms with Crippen molar-refractivity contribution in [2.75, 3.05) is 13.2 Å². The molecule has 0 aliphatic carbocycles. The number of aromatic nitrogens is 1. The molecule has 0 spiro atoms. The molecular weight excluding hydrogens is 403 g/mol. The molecule has 5 rings (SSSR count). The minimum Gasteiger partial charge on any atom is -0.487 e. The van der Waals surface area contributed by atoms with Gasteiger partial charge in [0, 0.05) is 23.6 Å². The Morgan fingerprint density at radius 2 is 1.90 bits per heavy atom. The van der Waals surface area contributed by atoms with Gasteiger partial charge in [0.05, 0.1) is 6.04 Å². The summed E-state index contributed by atoms with van der Waals surface area (Å²) >= 11 is 0. The molecule has 0 radical (unpaired) electrons. The van der Waals surface area contributed by atoms with Gasteiger partial charge in [-0.25, -0.2) is 9.37 Å². The van der Waals surface area contributed by atoms with Crippen molar-refractivity contribution in [2.45, 2.75) is 31.9 Å². The molecule has 1 amide bonds. The van der Waals surface area contributed by atoms with E-state index in [-0.39, 0.29) is 17.6 Å². The van der Waals surface area contributed by atoms with Gasteiger partial charge in [-0.15, -0.1) is 0 Å². The molecule has 3 aromatic rings. The Kier molecular flexibility index (Phi) is 4.57. The zero-order valence-corrected chi connectivity index (χ0v) is 17.1. The van der Waals surface area contributed by atoms with Gasteiger partial charge in [-0.1, -0.05) is 6.07 Å². The Bertz CT molecular complexity index is 1160.